The van der Waals surface area contributed by atoms with Gasteiger partial charge in [0.25, 0.3) is 0 Å². The molecule has 1 rings (SSSR count). The van der Waals surface area contributed by atoms with Crippen LogP contribution < -0.4 is 0 Å². The molecule has 2 heteroatoms. The van der Waals surface area contributed by atoms with E-state index in [1.54, 1.807) is 0 Å². The first-order chi connectivity index (χ1) is 6.33. The molecule has 14 heavy (non-hydrogen) atoms. The van der Waals surface area contributed by atoms with Crippen LogP contribution in [-0.2, 0) is 6.42 Å². The number of hydrogen-bond acceptors (Lipinski definition) is 1. The second-order valence-corrected chi connectivity index (χ2v) is 3.73. The zero-order valence-corrected chi connectivity index (χ0v) is 9.89. The summed E-state index contributed by atoms with van der Waals surface area (Å²) in [4.78, 5) is 4.30. The van der Waals surface area contributed by atoms with Gasteiger partial charge in [-0.05, 0) is 30.9 Å². The van der Waals surface area contributed by atoms with Crippen molar-refractivity contribution in [2.75, 3.05) is 0 Å². The maximum absolute atomic E-state index is 4.30. The SMILES string of the molecule is CCC(C)CCCc1ccccn1.Cl. The number of nitrogens with zero attached hydrogens (tertiary/aromatic N) is 1. The smallest absolute Gasteiger partial charge is 0.0403 e. The van der Waals surface area contributed by atoms with Gasteiger partial charge in [-0.15, -0.1) is 12.4 Å². The van der Waals surface area contributed by atoms with E-state index in [0.29, 0.717) is 0 Å². The van der Waals surface area contributed by atoms with Crippen LogP contribution in [0.1, 0.15) is 38.8 Å². The fourth-order valence-corrected chi connectivity index (χ4v) is 1.38. The van der Waals surface area contributed by atoms with Crippen molar-refractivity contribution in [2.45, 2.75) is 39.5 Å². The summed E-state index contributed by atoms with van der Waals surface area (Å²) >= 11 is 0. The van der Waals surface area contributed by atoms with Crippen LogP contribution in [0.25, 0.3) is 0 Å². The first-order valence-corrected chi connectivity index (χ1v) is 5.22. The molecule has 0 saturated carbocycles. The highest BCUT2D eigenvalue weighted by atomic mass is 35.5. The number of aryl methyl sites for hydroxylation is 1. The number of rotatable bonds is 5. The van der Waals surface area contributed by atoms with Crippen LogP contribution in [0.2, 0.25) is 0 Å². The van der Waals surface area contributed by atoms with Gasteiger partial charge >= 0.3 is 0 Å². The van der Waals surface area contributed by atoms with Crippen LogP contribution in [0.3, 0.4) is 0 Å². The summed E-state index contributed by atoms with van der Waals surface area (Å²) in [5.41, 5.74) is 1.23. The third-order valence-electron chi connectivity index (χ3n) is 2.55. The number of pyridine rings is 1. The van der Waals surface area contributed by atoms with Crippen molar-refractivity contribution in [1.29, 1.82) is 0 Å². The molecule has 1 nitrogen and oxygen atoms in total. The van der Waals surface area contributed by atoms with Crippen molar-refractivity contribution in [3.8, 4) is 0 Å². The summed E-state index contributed by atoms with van der Waals surface area (Å²) < 4.78 is 0. The lowest BCUT2D eigenvalue weighted by atomic mass is 10.0. The minimum absolute atomic E-state index is 0. The Kier molecular flexibility index (Phi) is 7.50. The molecule has 0 N–H and O–H groups in total. The van der Waals surface area contributed by atoms with Crippen molar-refractivity contribution in [3.05, 3.63) is 30.1 Å². The van der Waals surface area contributed by atoms with E-state index in [0.717, 1.165) is 12.3 Å². The highest BCUT2D eigenvalue weighted by molar-refractivity contribution is 5.85. The van der Waals surface area contributed by atoms with Crippen molar-refractivity contribution >= 4 is 12.4 Å². The van der Waals surface area contributed by atoms with Gasteiger partial charge in [0.15, 0.2) is 0 Å². The second-order valence-electron chi connectivity index (χ2n) is 3.73. The molecule has 0 radical (unpaired) electrons. The van der Waals surface area contributed by atoms with E-state index in [2.05, 4.69) is 31.0 Å². The molecular weight excluding hydrogens is 194 g/mol. The molecule has 0 fully saturated rings. The van der Waals surface area contributed by atoms with Gasteiger partial charge < -0.3 is 0 Å². The Hall–Kier alpha value is -0.560. The van der Waals surface area contributed by atoms with Gasteiger partial charge in [0.2, 0.25) is 0 Å². The van der Waals surface area contributed by atoms with Gasteiger partial charge in [-0.1, -0.05) is 32.8 Å². The van der Waals surface area contributed by atoms with E-state index in [-0.39, 0.29) is 12.4 Å². The van der Waals surface area contributed by atoms with Crippen LogP contribution in [0.15, 0.2) is 24.4 Å². The predicted molar refractivity (Wildman–Crippen MR) is 63.9 cm³/mol. The zero-order valence-electron chi connectivity index (χ0n) is 9.07. The number of halogens is 1. The summed E-state index contributed by atoms with van der Waals surface area (Å²) in [5, 5.41) is 0. The van der Waals surface area contributed by atoms with Gasteiger partial charge in [-0.3, -0.25) is 4.98 Å². The number of aromatic nitrogens is 1. The highest BCUT2D eigenvalue weighted by Gasteiger charge is 1.99. The highest BCUT2D eigenvalue weighted by Crippen LogP contribution is 2.11. The van der Waals surface area contributed by atoms with E-state index in [4.69, 9.17) is 0 Å². The second kappa shape index (κ2) is 7.81. The lowest BCUT2D eigenvalue weighted by Crippen LogP contribution is -1.95. The molecule has 1 aromatic heterocycles. The van der Waals surface area contributed by atoms with Crippen LogP contribution in [0.5, 0.6) is 0 Å². The Bertz CT molecular complexity index is 223. The topological polar surface area (TPSA) is 12.9 Å². The van der Waals surface area contributed by atoms with Gasteiger partial charge in [0.1, 0.15) is 0 Å². The maximum atomic E-state index is 4.30. The van der Waals surface area contributed by atoms with Gasteiger partial charge in [0.05, 0.1) is 0 Å². The van der Waals surface area contributed by atoms with Crippen molar-refractivity contribution in [1.82, 2.24) is 4.98 Å². The molecular formula is C12H20ClN. The maximum Gasteiger partial charge on any atom is 0.0403 e. The Balaban J connectivity index is 0.00000169. The summed E-state index contributed by atoms with van der Waals surface area (Å²) in [6.07, 6.45) is 6.89. The third-order valence-corrected chi connectivity index (χ3v) is 2.55. The van der Waals surface area contributed by atoms with E-state index in [1.807, 2.05) is 12.3 Å². The minimum Gasteiger partial charge on any atom is -0.261 e. The molecule has 1 heterocycles. The average molecular weight is 214 g/mol. The molecule has 0 bridgehead atoms. The number of hydrogen-bond donors (Lipinski definition) is 0. The predicted octanol–water partition coefficient (Wildman–Crippen LogP) is 3.87. The third kappa shape index (κ3) is 5.23. The Morgan fingerprint density at radius 2 is 2.14 bits per heavy atom. The molecule has 0 aliphatic rings. The Morgan fingerprint density at radius 3 is 2.71 bits per heavy atom. The fraction of sp³-hybridized carbons (Fsp3) is 0.583. The van der Waals surface area contributed by atoms with Gasteiger partial charge in [-0.25, -0.2) is 0 Å². The first kappa shape index (κ1) is 13.4. The largest absolute Gasteiger partial charge is 0.261 e. The molecule has 80 valence electrons. The molecule has 0 saturated heterocycles. The molecule has 1 unspecified atom stereocenters. The van der Waals surface area contributed by atoms with Crippen LogP contribution >= 0.6 is 12.4 Å². The first-order valence-electron chi connectivity index (χ1n) is 5.22. The van der Waals surface area contributed by atoms with Crippen LogP contribution in [-0.4, -0.2) is 4.98 Å². The molecule has 0 spiro atoms. The van der Waals surface area contributed by atoms with Crippen molar-refractivity contribution < 1.29 is 0 Å². The molecule has 0 aromatic carbocycles. The summed E-state index contributed by atoms with van der Waals surface area (Å²) in [6.45, 7) is 4.57. The van der Waals surface area contributed by atoms with E-state index >= 15 is 0 Å². The van der Waals surface area contributed by atoms with Crippen molar-refractivity contribution in [3.63, 3.8) is 0 Å². The standard InChI is InChI=1S/C12H19N.ClH/c1-3-11(2)7-6-9-12-8-4-5-10-13-12;/h4-5,8,10-11H,3,6-7,9H2,1-2H3;1H. The normalized spacial score (nSPS) is 11.9. The quantitative estimate of drug-likeness (QED) is 0.724. The average Bonchev–Trinajstić information content (AvgIpc) is 2.19. The minimum atomic E-state index is 0. The van der Waals surface area contributed by atoms with Crippen LogP contribution in [0, 0.1) is 5.92 Å². The lowest BCUT2D eigenvalue weighted by molar-refractivity contribution is 0.494. The summed E-state index contributed by atoms with van der Waals surface area (Å²) in [5.74, 6) is 0.865. The van der Waals surface area contributed by atoms with Crippen LogP contribution in [0.4, 0.5) is 0 Å². The molecule has 0 amide bonds. The molecule has 1 atom stereocenters. The summed E-state index contributed by atoms with van der Waals surface area (Å²) in [7, 11) is 0. The zero-order chi connectivity index (χ0) is 9.52. The van der Waals surface area contributed by atoms with Gasteiger partial charge in [0, 0.05) is 11.9 Å². The van der Waals surface area contributed by atoms with E-state index in [9.17, 15) is 0 Å². The fourth-order valence-electron chi connectivity index (χ4n) is 1.38. The van der Waals surface area contributed by atoms with Crippen molar-refractivity contribution in [2.24, 2.45) is 5.92 Å². The molecule has 0 aliphatic heterocycles. The van der Waals surface area contributed by atoms with Gasteiger partial charge in [-0.2, -0.15) is 0 Å². The lowest BCUT2D eigenvalue weighted by Gasteiger charge is -2.06. The Labute approximate surface area is 93.4 Å². The van der Waals surface area contributed by atoms with E-state index < -0.39 is 0 Å². The monoisotopic (exact) mass is 213 g/mol. The van der Waals surface area contributed by atoms with E-state index in [1.165, 1.54) is 25.0 Å². The summed E-state index contributed by atoms with van der Waals surface area (Å²) in [6, 6.07) is 6.14. The molecule has 1 aromatic rings. The molecule has 0 aliphatic carbocycles. The Morgan fingerprint density at radius 1 is 1.36 bits per heavy atom.